The smallest absolute Gasteiger partial charge is 0.157 e. The summed E-state index contributed by atoms with van der Waals surface area (Å²) in [4.78, 5) is 0. The largest absolute Gasteiger partial charge is 0.326 e. The molecule has 2 N–H and O–H groups in total. The average molecular weight is 247 g/mol. The first kappa shape index (κ1) is 14.0. The summed E-state index contributed by atoms with van der Waals surface area (Å²) in [6.45, 7) is 7.87. The van der Waals surface area contributed by atoms with Crippen molar-refractivity contribution in [3.8, 4) is 0 Å². The normalized spacial score (nSPS) is 32.3. The molecule has 3 atom stereocenters. The Bertz CT molecular complexity index is 335. The van der Waals surface area contributed by atoms with Gasteiger partial charge in [-0.3, -0.25) is 0 Å². The first-order valence-corrected chi connectivity index (χ1v) is 7.82. The molecule has 3 nitrogen and oxygen atoms in total. The topological polar surface area (TPSA) is 60.2 Å². The van der Waals surface area contributed by atoms with Crippen molar-refractivity contribution in [2.45, 2.75) is 69.9 Å². The summed E-state index contributed by atoms with van der Waals surface area (Å²) in [6, 6.07) is -0.222. The van der Waals surface area contributed by atoms with Crippen molar-refractivity contribution in [3.05, 3.63) is 0 Å². The van der Waals surface area contributed by atoms with Gasteiger partial charge in [-0.15, -0.1) is 0 Å². The van der Waals surface area contributed by atoms with Gasteiger partial charge in [-0.1, -0.05) is 27.2 Å². The minimum absolute atomic E-state index is 0.0521. The molecular formula is C12H25NO2S. The minimum atomic E-state index is -3.06. The molecule has 4 heteroatoms. The van der Waals surface area contributed by atoms with Gasteiger partial charge in [0, 0.05) is 6.04 Å². The molecule has 1 fully saturated rings. The molecule has 1 aliphatic carbocycles. The molecule has 0 spiro atoms. The highest BCUT2D eigenvalue weighted by Crippen LogP contribution is 2.38. The molecule has 1 saturated carbocycles. The molecule has 3 unspecified atom stereocenters. The maximum absolute atomic E-state index is 12.3. The van der Waals surface area contributed by atoms with Gasteiger partial charge in [-0.05, 0) is 31.6 Å². The monoisotopic (exact) mass is 247 g/mol. The Morgan fingerprint density at radius 2 is 2.00 bits per heavy atom. The second kappa shape index (κ2) is 4.65. The lowest BCUT2D eigenvalue weighted by Gasteiger charge is -2.42. The standard InChI is InChI=1S/C12H25NO2S/c1-5-9(2)16(14,15)10-7-6-8-12(3,4)11(10)13/h9-11H,5-8,13H2,1-4H3. The molecule has 1 rings (SSSR count). The molecule has 16 heavy (non-hydrogen) atoms. The maximum Gasteiger partial charge on any atom is 0.157 e. The number of hydrogen-bond donors (Lipinski definition) is 1. The van der Waals surface area contributed by atoms with E-state index in [1.54, 1.807) is 6.92 Å². The Morgan fingerprint density at radius 3 is 2.50 bits per heavy atom. The van der Waals surface area contributed by atoms with Crippen molar-refractivity contribution in [1.29, 1.82) is 0 Å². The molecule has 0 heterocycles. The first-order valence-electron chi connectivity index (χ1n) is 6.21. The van der Waals surface area contributed by atoms with Crippen molar-refractivity contribution < 1.29 is 8.42 Å². The van der Waals surface area contributed by atoms with Gasteiger partial charge in [-0.2, -0.15) is 0 Å². The van der Waals surface area contributed by atoms with Gasteiger partial charge in [0.1, 0.15) is 0 Å². The van der Waals surface area contributed by atoms with E-state index in [0.29, 0.717) is 6.42 Å². The van der Waals surface area contributed by atoms with E-state index in [9.17, 15) is 8.42 Å². The SMILES string of the molecule is CCC(C)S(=O)(=O)C1CCCC(C)(C)C1N. The van der Waals surface area contributed by atoms with Crippen molar-refractivity contribution in [1.82, 2.24) is 0 Å². The molecule has 0 radical (unpaired) electrons. The zero-order valence-electron chi connectivity index (χ0n) is 10.9. The maximum atomic E-state index is 12.3. The van der Waals surface area contributed by atoms with Gasteiger partial charge in [-0.25, -0.2) is 8.42 Å². The summed E-state index contributed by atoms with van der Waals surface area (Å²) in [6.07, 6.45) is 3.41. The van der Waals surface area contributed by atoms with Crippen LogP contribution in [0.5, 0.6) is 0 Å². The van der Waals surface area contributed by atoms with E-state index in [4.69, 9.17) is 5.73 Å². The van der Waals surface area contributed by atoms with Crippen LogP contribution in [0.15, 0.2) is 0 Å². The van der Waals surface area contributed by atoms with E-state index < -0.39 is 9.84 Å². The van der Waals surface area contributed by atoms with E-state index >= 15 is 0 Å². The van der Waals surface area contributed by atoms with Gasteiger partial charge >= 0.3 is 0 Å². The lowest BCUT2D eigenvalue weighted by Crippen LogP contribution is -2.54. The summed E-state index contributed by atoms with van der Waals surface area (Å²) in [5, 5.41) is -0.608. The molecule has 0 bridgehead atoms. The molecule has 0 aliphatic heterocycles. The fourth-order valence-corrected chi connectivity index (χ4v) is 4.84. The van der Waals surface area contributed by atoms with Crippen LogP contribution in [0.3, 0.4) is 0 Å². The number of nitrogens with two attached hydrogens (primary N) is 1. The third-order valence-corrected chi connectivity index (χ3v) is 7.00. The molecule has 0 saturated heterocycles. The van der Waals surface area contributed by atoms with Crippen LogP contribution in [0, 0.1) is 5.41 Å². The van der Waals surface area contributed by atoms with Crippen LogP contribution in [0.25, 0.3) is 0 Å². The highest BCUT2D eigenvalue weighted by Gasteiger charge is 2.44. The van der Waals surface area contributed by atoms with Crippen molar-refractivity contribution in [3.63, 3.8) is 0 Å². The highest BCUT2D eigenvalue weighted by molar-refractivity contribution is 7.92. The lowest BCUT2D eigenvalue weighted by molar-refractivity contribution is 0.204. The van der Waals surface area contributed by atoms with E-state index in [1.807, 2.05) is 6.92 Å². The fraction of sp³-hybridized carbons (Fsp3) is 1.00. The second-order valence-corrected chi connectivity index (χ2v) is 8.34. The van der Waals surface area contributed by atoms with Crippen LogP contribution < -0.4 is 5.73 Å². The molecule has 96 valence electrons. The van der Waals surface area contributed by atoms with Crippen LogP contribution in [0.4, 0.5) is 0 Å². The Labute approximate surface area is 99.7 Å². The average Bonchev–Trinajstić information content (AvgIpc) is 2.20. The van der Waals surface area contributed by atoms with Gasteiger partial charge in [0.15, 0.2) is 9.84 Å². The zero-order valence-corrected chi connectivity index (χ0v) is 11.7. The van der Waals surface area contributed by atoms with Crippen LogP contribution in [0.1, 0.15) is 53.4 Å². The summed E-state index contributed by atoms with van der Waals surface area (Å²) < 4.78 is 24.7. The van der Waals surface area contributed by atoms with E-state index in [1.165, 1.54) is 0 Å². The predicted molar refractivity (Wildman–Crippen MR) is 68.1 cm³/mol. The third-order valence-electron chi connectivity index (χ3n) is 4.17. The molecule has 0 aromatic heterocycles. The van der Waals surface area contributed by atoms with Crippen molar-refractivity contribution in [2.24, 2.45) is 11.1 Å². The molecular weight excluding hydrogens is 222 g/mol. The summed E-state index contributed by atoms with van der Waals surface area (Å²) >= 11 is 0. The molecule has 1 aliphatic rings. The van der Waals surface area contributed by atoms with Gasteiger partial charge in [0.05, 0.1) is 10.5 Å². The molecule has 0 amide bonds. The number of sulfone groups is 1. The van der Waals surface area contributed by atoms with Crippen molar-refractivity contribution >= 4 is 9.84 Å². The Balaban J connectivity index is 2.96. The van der Waals surface area contributed by atoms with Crippen LogP contribution >= 0.6 is 0 Å². The highest BCUT2D eigenvalue weighted by atomic mass is 32.2. The second-order valence-electron chi connectivity index (χ2n) is 5.75. The summed E-state index contributed by atoms with van der Waals surface area (Å²) in [5.41, 5.74) is 6.10. The predicted octanol–water partition coefficient (Wildman–Crippen LogP) is 2.11. The summed E-state index contributed by atoms with van der Waals surface area (Å²) in [5.74, 6) is 0. The Hall–Kier alpha value is -0.0900. The van der Waals surface area contributed by atoms with Crippen LogP contribution in [-0.4, -0.2) is 25.0 Å². The molecule has 0 aromatic carbocycles. The van der Waals surface area contributed by atoms with Gasteiger partial charge in [0.25, 0.3) is 0 Å². The quantitative estimate of drug-likeness (QED) is 0.831. The number of hydrogen-bond acceptors (Lipinski definition) is 3. The number of rotatable bonds is 3. The van der Waals surface area contributed by atoms with Crippen molar-refractivity contribution in [2.75, 3.05) is 0 Å². The minimum Gasteiger partial charge on any atom is -0.326 e. The van der Waals surface area contributed by atoms with Crippen LogP contribution in [0.2, 0.25) is 0 Å². The van der Waals surface area contributed by atoms with Gasteiger partial charge < -0.3 is 5.73 Å². The third kappa shape index (κ3) is 2.43. The van der Waals surface area contributed by atoms with E-state index in [0.717, 1.165) is 19.3 Å². The Morgan fingerprint density at radius 1 is 1.44 bits per heavy atom. The Kier molecular flexibility index (Phi) is 4.06. The van der Waals surface area contributed by atoms with E-state index in [-0.39, 0.29) is 22.0 Å². The van der Waals surface area contributed by atoms with Gasteiger partial charge in [0.2, 0.25) is 0 Å². The zero-order chi connectivity index (χ0) is 12.6. The molecule has 0 aromatic rings. The summed E-state index contributed by atoms with van der Waals surface area (Å²) in [7, 11) is -3.06. The van der Waals surface area contributed by atoms with Crippen LogP contribution in [-0.2, 0) is 9.84 Å². The lowest BCUT2D eigenvalue weighted by atomic mass is 9.73. The fourth-order valence-electron chi connectivity index (χ4n) is 2.51. The first-order chi connectivity index (χ1) is 7.23. The van der Waals surface area contributed by atoms with E-state index in [2.05, 4.69) is 13.8 Å².